The summed E-state index contributed by atoms with van der Waals surface area (Å²) in [6.45, 7) is 2.24. The molecule has 0 N–H and O–H groups in total. The Morgan fingerprint density at radius 1 is 0.889 bits per heavy atom. The summed E-state index contributed by atoms with van der Waals surface area (Å²) in [5, 5.41) is 0. The monoisotopic (exact) mass is 562 g/mol. The maximum atomic E-state index is 11.7. The van der Waals surface area contributed by atoms with Crippen molar-refractivity contribution in [1.82, 2.24) is 0 Å². The van der Waals surface area contributed by atoms with Gasteiger partial charge in [-0.25, -0.2) is 0 Å². The third-order valence-corrected chi connectivity index (χ3v) is 9.24. The minimum absolute atomic E-state index is 0.0730. The van der Waals surface area contributed by atoms with Crippen molar-refractivity contribution in [3.63, 3.8) is 0 Å². The van der Waals surface area contributed by atoms with E-state index in [9.17, 15) is 9.59 Å². The van der Waals surface area contributed by atoms with Crippen LogP contribution in [0.1, 0.15) is 77.6 Å². The normalized spacial score (nSPS) is 10.6. The van der Waals surface area contributed by atoms with Crippen LogP contribution in [0.4, 0.5) is 0 Å². The van der Waals surface area contributed by atoms with E-state index in [1.807, 2.05) is 36.4 Å². The van der Waals surface area contributed by atoms with Crippen LogP contribution >= 0.6 is 0 Å². The second-order valence-electron chi connectivity index (χ2n) is 6.77. The van der Waals surface area contributed by atoms with Crippen LogP contribution in [0.2, 0.25) is 0 Å². The molecule has 0 aliphatic heterocycles. The molecule has 1 aromatic rings. The Bertz CT molecular complexity index is 543. The summed E-state index contributed by atoms with van der Waals surface area (Å²) >= 11 is -1.83. The van der Waals surface area contributed by atoms with Crippen molar-refractivity contribution >= 4 is 15.0 Å². The van der Waals surface area contributed by atoms with E-state index in [1.165, 1.54) is 51.2 Å². The summed E-state index contributed by atoms with van der Waals surface area (Å²) in [6.07, 6.45) is 14.7. The molecule has 5 heteroatoms. The van der Waals surface area contributed by atoms with Crippen molar-refractivity contribution in [3.05, 3.63) is 42.7 Å². The van der Waals surface area contributed by atoms with Gasteiger partial charge in [0.2, 0.25) is 0 Å². The van der Waals surface area contributed by atoms with Crippen molar-refractivity contribution in [3.8, 4) is 0 Å². The molecule has 0 aromatic heterocycles. The fraction of sp³-hybridized carbons (Fsp3) is 0.545. The van der Waals surface area contributed by atoms with Gasteiger partial charge in [0.1, 0.15) is 0 Å². The number of carbonyl (C=O) groups is 2. The van der Waals surface area contributed by atoms with E-state index in [1.54, 1.807) is 0 Å². The molecule has 0 atom stereocenters. The number of esters is 1. The zero-order valence-electron chi connectivity index (χ0n) is 16.7. The fourth-order valence-corrected chi connectivity index (χ4v) is 6.30. The summed E-state index contributed by atoms with van der Waals surface area (Å²) in [6, 6.07) is 9.80. The molecule has 0 saturated heterocycles. The Labute approximate surface area is 176 Å². The number of benzene rings is 1. The first-order valence-electron chi connectivity index (χ1n) is 10.3. The summed E-state index contributed by atoms with van der Waals surface area (Å²) < 4.78 is 11.5. The number of unbranched alkanes of at least 4 members (excludes halogenated alkanes) is 8. The molecule has 0 heterocycles. The third kappa shape index (κ3) is 14.5. The molecular weight excluding hydrogens is 529 g/mol. The molecule has 27 heavy (non-hydrogen) atoms. The van der Waals surface area contributed by atoms with Gasteiger partial charge in [0.05, 0.1) is 0 Å². The van der Waals surface area contributed by atoms with Crippen LogP contribution in [0.5, 0.6) is 0 Å². The van der Waals surface area contributed by atoms with E-state index in [2.05, 4.69) is 6.92 Å². The summed E-state index contributed by atoms with van der Waals surface area (Å²) in [5.41, 5.74) is 0. The molecule has 1 rings (SSSR count). The summed E-state index contributed by atoms with van der Waals surface area (Å²) in [7, 11) is 0. The van der Waals surface area contributed by atoms with Gasteiger partial charge < -0.3 is 0 Å². The van der Waals surface area contributed by atoms with E-state index in [4.69, 9.17) is 7.38 Å². The van der Waals surface area contributed by atoms with Gasteiger partial charge in [-0.05, 0) is 0 Å². The van der Waals surface area contributed by atoms with E-state index < -0.39 is 25.0 Å². The Kier molecular flexibility index (Phi) is 15.0. The Balaban J connectivity index is 1.95. The van der Waals surface area contributed by atoms with E-state index in [-0.39, 0.29) is 24.8 Å². The number of carbonyl (C=O) groups excluding carboxylic acids is 2. The van der Waals surface area contributed by atoms with Gasteiger partial charge in [0.15, 0.2) is 0 Å². The Morgan fingerprint density at radius 2 is 1.52 bits per heavy atom. The van der Waals surface area contributed by atoms with Crippen molar-refractivity contribution in [2.45, 2.75) is 77.6 Å². The van der Waals surface area contributed by atoms with Gasteiger partial charge in [-0.3, -0.25) is 0 Å². The number of hydrogen-bond donors (Lipinski definition) is 0. The first-order chi connectivity index (χ1) is 13.2. The fourth-order valence-electron chi connectivity index (χ4n) is 2.66. The molecule has 0 saturated carbocycles. The van der Waals surface area contributed by atoms with Gasteiger partial charge in [0, 0.05) is 0 Å². The number of allylic oxidation sites excluding steroid dienone is 1. The third-order valence-electron chi connectivity index (χ3n) is 4.30. The Morgan fingerprint density at radius 3 is 2.22 bits per heavy atom. The number of hydrogen-bond acceptors (Lipinski definition) is 4. The average Bonchev–Trinajstić information content (AvgIpc) is 2.69. The molecular formula is C22H32HgO4. The molecule has 1 aromatic carbocycles. The topological polar surface area (TPSA) is 52.6 Å². The predicted octanol–water partition coefficient (Wildman–Crippen LogP) is 5.22. The quantitative estimate of drug-likeness (QED) is 0.128. The predicted molar refractivity (Wildman–Crippen MR) is 104 cm³/mol. The standard InChI is InChI=1S/C16H28O4.C6H5.Hg/c1-2-3-4-5-6-7-8-9-10-11-14-20-16(19)13-12-15(17)18;1-2-4-6-5-3-1;/h11,14H,2-10,12-13H2,1H3,(H,17,18);1-5H;/q;;+1/p-1/b14-11+;;. The maximum absolute atomic E-state index is 11.7. The number of ether oxygens (including phenoxy) is 1. The van der Waals surface area contributed by atoms with Crippen LogP contribution in [-0.2, 0) is 42.0 Å². The van der Waals surface area contributed by atoms with Gasteiger partial charge in [-0.2, -0.15) is 0 Å². The summed E-state index contributed by atoms with van der Waals surface area (Å²) in [4.78, 5) is 23.3. The molecule has 0 bridgehead atoms. The van der Waals surface area contributed by atoms with Gasteiger partial charge in [-0.15, -0.1) is 0 Å². The molecule has 0 radical (unpaired) electrons. The van der Waals surface area contributed by atoms with E-state index >= 15 is 0 Å². The average molecular weight is 561 g/mol. The van der Waals surface area contributed by atoms with Crippen molar-refractivity contribution in [1.29, 1.82) is 0 Å². The zero-order chi connectivity index (χ0) is 19.6. The molecule has 0 aliphatic carbocycles. The van der Waals surface area contributed by atoms with Crippen LogP contribution in [0.15, 0.2) is 42.7 Å². The minimum atomic E-state index is -1.83. The Hall–Kier alpha value is -1.16. The van der Waals surface area contributed by atoms with Crippen molar-refractivity contribution in [2.24, 2.45) is 0 Å². The molecule has 146 valence electrons. The van der Waals surface area contributed by atoms with Gasteiger partial charge in [-0.1, -0.05) is 39.0 Å². The van der Waals surface area contributed by atoms with Crippen molar-refractivity contribution in [2.75, 3.05) is 0 Å². The van der Waals surface area contributed by atoms with Crippen LogP contribution in [0.3, 0.4) is 0 Å². The second kappa shape index (κ2) is 17.0. The molecule has 0 spiro atoms. The van der Waals surface area contributed by atoms with Crippen LogP contribution in [-0.4, -0.2) is 11.9 Å². The van der Waals surface area contributed by atoms with E-state index in [0.717, 1.165) is 15.9 Å². The van der Waals surface area contributed by atoms with Crippen LogP contribution in [0.25, 0.3) is 0 Å². The molecule has 0 aliphatic rings. The van der Waals surface area contributed by atoms with Gasteiger partial charge >= 0.3 is 138 Å². The van der Waals surface area contributed by atoms with Gasteiger partial charge in [0.25, 0.3) is 0 Å². The molecule has 0 amide bonds. The number of rotatable bonds is 15. The molecule has 4 nitrogen and oxygen atoms in total. The van der Waals surface area contributed by atoms with E-state index in [0.29, 0.717) is 0 Å². The van der Waals surface area contributed by atoms with Crippen LogP contribution < -0.4 is 3.07 Å². The second-order valence-corrected chi connectivity index (χ2v) is 12.2. The SMILES string of the molecule is CCCCCCCCCC/C=C/OC(=O)CCC(=O)[O][Hg][c]1ccccc1. The molecule has 0 unspecified atom stereocenters. The molecule has 0 fully saturated rings. The van der Waals surface area contributed by atoms with Crippen LogP contribution in [0, 0.1) is 0 Å². The first-order valence-corrected chi connectivity index (χ1v) is 15.3. The summed E-state index contributed by atoms with van der Waals surface area (Å²) in [5.74, 6) is -0.670. The van der Waals surface area contributed by atoms with Crippen molar-refractivity contribution < 1.29 is 42.0 Å². The first kappa shape index (κ1) is 23.9. The zero-order valence-corrected chi connectivity index (χ0v) is 22.2.